The summed E-state index contributed by atoms with van der Waals surface area (Å²) in [7, 11) is 0. The SMILES string of the molecule is CCOC(=O)c1cc(NCCc2ncon2)c(F)cc1N. The molecule has 0 bridgehead atoms. The van der Waals surface area contributed by atoms with E-state index in [4.69, 9.17) is 10.5 Å². The lowest BCUT2D eigenvalue weighted by atomic mass is 10.1. The van der Waals surface area contributed by atoms with E-state index in [9.17, 15) is 9.18 Å². The molecule has 2 rings (SSSR count). The molecule has 8 heteroatoms. The van der Waals surface area contributed by atoms with E-state index >= 15 is 0 Å². The van der Waals surface area contributed by atoms with Gasteiger partial charge in [0.05, 0.1) is 17.9 Å². The molecule has 3 N–H and O–H groups in total. The smallest absolute Gasteiger partial charge is 0.340 e. The highest BCUT2D eigenvalue weighted by Crippen LogP contribution is 2.23. The number of hydrogen-bond donors (Lipinski definition) is 2. The molecule has 0 saturated carbocycles. The standard InChI is InChI=1S/C13H15FN4O3/c1-2-20-13(19)8-5-11(9(14)6-10(8)15)16-4-3-12-17-7-21-18-12/h5-7,16H,2-4,15H2,1H3. The van der Waals surface area contributed by atoms with Crippen LogP contribution in [0.15, 0.2) is 23.0 Å². The quantitative estimate of drug-likeness (QED) is 0.616. The Morgan fingerprint density at radius 2 is 2.33 bits per heavy atom. The number of aromatic nitrogens is 2. The summed E-state index contributed by atoms with van der Waals surface area (Å²) in [6.45, 7) is 2.28. The number of ether oxygens (including phenoxy) is 1. The molecule has 1 heterocycles. The monoisotopic (exact) mass is 294 g/mol. The summed E-state index contributed by atoms with van der Waals surface area (Å²) in [6, 6.07) is 2.42. The van der Waals surface area contributed by atoms with E-state index in [0.717, 1.165) is 6.07 Å². The zero-order valence-corrected chi connectivity index (χ0v) is 11.4. The number of esters is 1. The Bertz CT molecular complexity index is 616. The Balaban J connectivity index is 2.07. The molecule has 1 aromatic carbocycles. The average molecular weight is 294 g/mol. The van der Waals surface area contributed by atoms with Gasteiger partial charge < -0.3 is 20.3 Å². The first-order chi connectivity index (χ1) is 10.1. The zero-order chi connectivity index (χ0) is 15.2. The minimum absolute atomic E-state index is 0.0367. The maximum Gasteiger partial charge on any atom is 0.340 e. The molecular weight excluding hydrogens is 279 g/mol. The predicted octanol–water partition coefficient (Wildman–Crippen LogP) is 1.62. The number of anilines is 2. The van der Waals surface area contributed by atoms with Gasteiger partial charge >= 0.3 is 5.97 Å². The van der Waals surface area contributed by atoms with E-state index in [-0.39, 0.29) is 23.5 Å². The van der Waals surface area contributed by atoms with Gasteiger partial charge in [-0.2, -0.15) is 4.98 Å². The number of rotatable bonds is 6. The summed E-state index contributed by atoms with van der Waals surface area (Å²) < 4.78 is 23.3. The first-order valence-electron chi connectivity index (χ1n) is 6.37. The Kier molecular flexibility index (Phi) is 4.70. The Morgan fingerprint density at radius 3 is 3.00 bits per heavy atom. The molecule has 2 aromatic rings. The van der Waals surface area contributed by atoms with Crippen LogP contribution in [0.25, 0.3) is 0 Å². The molecule has 0 spiro atoms. The first kappa shape index (κ1) is 14.8. The van der Waals surface area contributed by atoms with Gasteiger partial charge in [0.15, 0.2) is 5.82 Å². The van der Waals surface area contributed by atoms with Gasteiger partial charge in [-0.1, -0.05) is 5.16 Å². The normalized spacial score (nSPS) is 10.4. The van der Waals surface area contributed by atoms with Crippen molar-refractivity contribution >= 4 is 17.3 Å². The van der Waals surface area contributed by atoms with Crippen LogP contribution in [0.5, 0.6) is 0 Å². The van der Waals surface area contributed by atoms with E-state index < -0.39 is 11.8 Å². The van der Waals surface area contributed by atoms with E-state index in [2.05, 4.69) is 20.0 Å². The van der Waals surface area contributed by atoms with E-state index in [1.807, 2.05) is 0 Å². The van der Waals surface area contributed by atoms with Crippen molar-refractivity contribution in [1.82, 2.24) is 10.1 Å². The minimum Gasteiger partial charge on any atom is -0.462 e. The number of hydrogen-bond acceptors (Lipinski definition) is 7. The van der Waals surface area contributed by atoms with Gasteiger partial charge in [0.25, 0.3) is 0 Å². The molecule has 0 aliphatic heterocycles. The van der Waals surface area contributed by atoms with Crippen LogP contribution in [0.3, 0.4) is 0 Å². The van der Waals surface area contributed by atoms with Crippen LogP contribution >= 0.6 is 0 Å². The number of carbonyl (C=O) groups excluding carboxylic acids is 1. The molecular formula is C13H15FN4O3. The van der Waals surface area contributed by atoms with Gasteiger partial charge in [0, 0.05) is 18.7 Å². The average Bonchev–Trinajstić information content (AvgIpc) is 2.94. The number of nitrogens with two attached hydrogens (primary N) is 1. The third-order valence-electron chi connectivity index (χ3n) is 2.71. The van der Waals surface area contributed by atoms with Crippen molar-refractivity contribution in [2.24, 2.45) is 0 Å². The highest BCUT2D eigenvalue weighted by Gasteiger charge is 2.15. The number of nitrogens with one attached hydrogen (secondary N) is 1. The molecule has 0 radical (unpaired) electrons. The second kappa shape index (κ2) is 6.69. The van der Waals surface area contributed by atoms with Crippen LogP contribution < -0.4 is 11.1 Å². The van der Waals surface area contributed by atoms with Crippen LogP contribution in [-0.4, -0.2) is 29.3 Å². The van der Waals surface area contributed by atoms with Crippen molar-refractivity contribution in [2.75, 3.05) is 24.2 Å². The second-order valence-electron chi connectivity index (χ2n) is 4.16. The lowest BCUT2D eigenvalue weighted by Gasteiger charge is -2.11. The Hall–Kier alpha value is -2.64. The summed E-state index contributed by atoms with van der Waals surface area (Å²) in [4.78, 5) is 15.6. The van der Waals surface area contributed by atoms with Gasteiger partial charge in [-0.15, -0.1) is 0 Å². The molecule has 0 fully saturated rings. The van der Waals surface area contributed by atoms with Crippen molar-refractivity contribution in [2.45, 2.75) is 13.3 Å². The molecule has 21 heavy (non-hydrogen) atoms. The van der Waals surface area contributed by atoms with E-state index in [1.165, 1.54) is 12.5 Å². The molecule has 0 amide bonds. The molecule has 1 aromatic heterocycles. The van der Waals surface area contributed by atoms with Crippen molar-refractivity contribution in [3.8, 4) is 0 Å². The molecule has 112 valence electrons. The predicted molar refractivity (Wildman–Crippen MR) is 73.3 cm³/mol. The molecule has 0 saturated heterocycles. The number of nitrogen functional groups attached to an aromatic ring is 1. The third-order valence-corrected chi connectivity index (χ3v) is 2.71. The third kappa shape index (κ3) is 3.68. The van der Waals surface area contributed by atoms with Gasteiger partial charge in [0.1, 0.15) is 5.82 Å². The number of carbonyl (C=O) groups is 1. The molecule has 0 aliphatic carbocycles. The van der Waals surface area contributed by atoms with E-state index in [0.29, 0.717) is 18.8 Å². The first-order valence-corrected chi connectivity index (χ1v) is 6.37. The van der Waals surface area contributed by atoms with Crippen LogP contribution in [0.2, 0.25) is 0 Å². The van der Waals surface area contributed by atoms with Crippen LogP contribution in [-0.2, 0) is 11.2 Å². The highest BCUT2D eigenvalue weighted by molar-refractivity contribution is 5.96. The van der Waals surface area contributed by atoms with Gasteiger partial charge in [0.2, 0.25) is 6.39 Å². The van der Waals surface area contributed by atoms with E-state index in [1.54, 1.807) is 6.92 Å². The maximum absolute atomic E-state index is 13.8. The van der Waals surface area contributed by atoms with Gasteiger partial charge in [-0.3, -0.25) is 0 Å². The lowest BCUT2D eigenvalue weighted by molar-refractivity contribution is 0.0527. The summed E-state index contributed by atoms with van der Waals surface area (Å²) in [5.74, 6) is -0.631. The van der Waals surface area contributed by atoms with Crippen molar-refractivity contribution in [3.05, 3.63) is 35.7 Å². The van der Waals surface area contributed by atoms with Crippen LogP contribution in [0.1, 0.15) is 23.1 Å². The van der Waals surface area contributed by atoms with Crippen LogP contribution in [0.4, 0.5) is 15.8 Å². The fraction of sp³-hybridized carbons (Fsp3) is 0.308. The maximum atomic E-state index is 13.8. The van der Waals surface area contributed by atoms with Crippen molar-refractivity contribution in [1.29, 1.82) is 0 Å². The lowest BCUT2D eigenvalue weighted by Crippen LogP contribution is -2.12. The summed E-state index contributed by atoms with van der Waals surface area (Å²) in [6.07, 6.45) is 1.67. The number of nitrogens with zero attached hydrogens (tertiary/aromatic N) is 2. The van der Waals surface area contributed by atoms with Crippen molar-refractivity contribution in [3.63, 3.8) is 0 Å². The molecule has 0 unspecified atom stereocenters. The fourth-order valence-corrected chi connectivity index (χ4v) is 1.72. The second-order valence-corrected chi connectivity index (χ2v) is 4.16. The summed E-state index contributed by atoms with van der Waals surface area (Å²) >= 11 is 0. The van der Waals surface area contributed by atoms with Crippen molar-refractivity contribution < 1.29 is 18.4 Å². The molecule has 0 atom stereocenters. The highest BCUT2D eigenvalue weighted by atomic mass is 19.1. The molecule has 0 aliphatic rings. The zero-order valence-electron chi connectivity index (χ0n) is 11.4. The van der Waals surface area contributed by atoms with Gasteiger partial charge in [-0.05, 0) is 19.1 Å². The van der Waals surface area contributed by atoms with Gasteiger partial charge in [-0.25, -0.2) is 9.18 Å². The summed E-state index contributed by atoms with van der Waals surface area (Å²) in [5, 5.41) is 6.50. The molecule has 7 nitrogen and oxygen atoms in total. The Labute approximate surface area is 120 Å². The van der Waals surface area contributed by atoms with Crippen LogP contribution in [0, 0.1) is 5.82 Å². The summed E-state index contributed by atoms with van der Waals surface area (Å²) in [5.41, 5.74) is 5.95. The fourth-order valence-electron chi connectivity index (χ4n) is 1.72. The topological polar surface area (TPSA) is 103 Å². The minimum atomic E-state index is -0.587. The number of benzene rings is 1. The number of halogens is 1. The largest absolute Gasteiger partial charge is 0.462 e. The Morgan fingerprint density at radius 1 is 1.52 bits per heavy atom.